The van der Waals surface area contributed by atoms with Crippen molar-refractivity contribution >= 4 is 21.9 Å². The summed E-state index contributed by atoms with van der Waals surface area (Å²) in [5.74, 6) is 0.657. The van der Waals surface area contributed by atoms with E-state index in [-0.39, 0.29) is 0 Å². The van der Waals surface area contributed by atoms with Gasteiger partial charge in [0.2, 0.25) is 0 Å². The van der Waals surface area contributed by atoms with Gasteiger partial charge in [-0.25, -0.2) is 9.97 Å². The number of fused-ring (bicyclic) bond motifs is 15. The highest BCUT2D eigenvalue weighted by Crippen LogP contribution is 2.61. The number of furan rings is 1. The third kappa shape index (κ3) is 5.79. The predicted octanol–water partition coefficient (Wildman–Crippen LogP) is 16.7. The fraction of sp³-hybridized carbons (Fsp3) is 0.0154. The first kappa shape index (κ1) is 38.4. The molecule has 3 nitrogen and oxygen atoms in total. The Labute approximate surface area is 394 Å². The summed E-state index contributed by atoms with van der Waals surface area (Å²) >= 11 is 0. The Bertz CT molecular complexity index is 3870. The van der Waals surface area contributed by atoms with Gasteiger partial charge in [0.15, 0.2) is 5.82 Å². The number of benzene rings is 10. The van der Waals surface area contributed by atoms with Crippen molar-refractivity contribution in [3.05, 3.63) is 265 Å². The van der Waals surface area contributed by atoms with E-state index >= 15 is 0 Å². The summed E-state index contributed by atoms with van der Waals surface area (Å²) in [7, 11) is 0. The summed E-state index contributed by atoms with van der Waals surface area (Å²) in [5.41, 5.74) is 22.8. The van der Waals surface area contributed by atoms with Crippen LogP contribution in [-0.2, 0) is 5.41 Å². The Kier molecular flexibility index (Phi) is 8.50. The molecule has 0 N–H and O–H groups in total. The highest BCUT2D eigenvalue weighted by Gasteiger charge is 2.49. The normalized spacial score (nSPS) is 12.8. The van der Waals surface area contributed by atoms with Gasteiger partial charge in [0.05, 0.1) is 16.8 Å². The highest BCUT2D eigenvalue weighted by atomic mass is 16.3. The average Bonchev–Trinajstić information content (AvgIpc) is 3.91. The standard InChI is InChI=1S/C65H40N2O/c1-3-17-41(18-4-1)45-35-46(42-19-5-2-6-20-42)37-47(36-45)61-40-60(43-32-34-63-55(38-43)53-26-12-16-30-62(53)68-63)66-64(67-61)44-31-33-59-54(39-44)49-22-8-7-21-48(49)50-23-9-13-27-56(50)65(59)57-28-14-10-24-51(57)52-25-11-15-29-58(52)65/h1-40H. The van der Waals surface area contributed by atoms with Crippen molar-refractivity contribution in [1.29, 1.82) is 0 Å². The third-order valence-corrected chi connectivity index (χ3v) is 14.3. The number of rotatable bonds is 5. The van der Waals surface area contributed by atoms with Crippen molar-refractivity contribution in [1.82, 2.24) is 9.97 Å². The summed E-state index contributed by atoms with van der Waals surface area (Å²) in [6.07, 6.45) is 0. The first-order chi connectivity index (χ1) is 33.7. The van der Waals surface area contributed by atoms with Crippen molar-refractivity contribution in [2.75, 3.05) is 0 Å². The van der Waals surface area contributed by atoms with Crippen LogP contribution < -0.4 is 0 Å². The third-order valence-electron chi connectivity index (χ3n) is 14.3. The van der Waals surface area contributed by atoms with Crippen molar-refractivity contribution in [2.24, 2.45) is 0 Å². The van der Waals surface area contributed by atoms with E-state index in [0.717, 1.165) is 72.3 Å². The van der Waals surface area contributed by atoms with Gasteiger partial charge >= 0.3 is 0 Å². The van der Waals surface area contributed by atoms with Crippen LogP contribution in [0.4, 0.5) is 0 Å². The smallest absolute Gasteiger partial charge is 0.160 e. The van der Waals surface area contributed by atoms with E-state index in [4.69, 9.17) is 14.4 Å². The molecule has 2 aliphatic carbocycles. The number of nitrogens with zero attached hydrogens (tertiary/aromatic N) is 2. The molecular weight excluding hydrogens is 825 g/mol. The minimum absolute atomic E-state index is 0.570. The lowest BCUT2D eigenvalue weighted by atomic mass is 9.66. The monoisotopic (exact) mass is 864 g/mol. The molecule has 0 saturated heterocycles. The number of hydrogen-bond acceptors (Lipinski definition) is 3. The lowest BCUT2D eigenvalue weighted by Crippen LogP contribution is -2.29. The van der Waals surface area contributed by atoms with Crippen molar-refractivity contribution in [3.63, 3.8) is 0 Å². The molecular formula is C65H40N2O. The molecule has 14 rings (SSSR count). The van der Waals surface area contributed by atoms with E-state index < -0.39 is 5.41 Å². The SMILES string of the molecule is c1ccc(-c2cc(-c3ccccc3)cc(-c3cc(-c4ccc5oc6ccccc6c5c4)nc(-c4ccc5c(c4)-c4ccccc4-c4ccccc4C54c5ccccc5-c5ccccc54)n3)c2)cc1. The molecule has 3 heteroatoms. The maximum atomic E-state index is 6.31. The van der Waals surface area contributed by atoms with Gasteiger partial charge in [-0.1, -0.05) is 188 Å². The predicted molar refractivity (Wildman–Crippen MR) is 278 cm³/mol. The number of hydrogen-bond donors (Lipinski definition) is 0. The van der Waals surface area contributed by atoms with Gasteiger partial charge < -0.3 is 4.42 Å². The van der Waals surface area contributed by atoms with E-state index in [9.17, 15) is 0 Å². The summed E-state index contributed by atoms with van der Waals surface area (Å²) in [4.78, 5) is 11.1. The minimum atomic E-state index is -0.570. The second-order valence-electron chi connectivity index (χ2n) is 18.0. The van der Waals surface area contributed by atoms with Crippen molar-refractivity contribution in [2.45, 2.75) is 5.41 Å². The Morgan fingerprint density at radius 3 is 1.35 bits per heavy atom. The second-order valence-corrected chi connectivity index (χ2v) is 18.0. The van der Waals surface area contributed by atoms with Crippen LogP contribution in [0.2, 0.25) is 0 Å². The molecule has 0 aliphatic heterocycles. The van der Waals surface area contributed by atoms with Gasteiger partial charge in [0.25, 0.3) is 0 Å². The van der Waals surface area contributed by atoms with Crippen LogP contribution in [0.1, 0.15) is 22.3 Å². The molecule has 316 valence electrons. The zero-order valence-electron chi connectivity index (χ0n) is 36.9. The summed E-state index contributed by atoms with van der Waals surface area (Å²) < 4.78 is 6.31. The van der Waals surface area contributed by atoms with Crippen LogP contribution >= 0.6 is 0 Å². The van der Waals surface area contributed by atoms with Crippen molar-refractivity contribution in [3.8, 4) is 89.5 Å². The van der Waals surface area contributed by atoms with E-state index in [1.54, 1.807) is 0 Å². The molecule has 2 heterocycles. The quantitative estimate of drug-likeness (QED) is 0.173. The number of para-hydroxylation sites is 1. The van der Waals surface area contributed by atoms with E-state index in [2.05, 4.69) is 231 Å². The molecule has 0 atom stereocenters. The molecule has 0 radical (unpaired) electrons. The van der Waals surface area contributed by atoms with Crippen LogP contribution in [0.5, 0.6) is 0 Å². The average molecular weight is 865 g/mol. The largest absolute Gasteiger partial charge is 0.456 e. The summed E-state index contributed by atoms with van der Waals surface area (Å²) in [5, 5.41) is 2.14. The zero-order valence-corrected chi connectivity index (χ0v) is 36.9. The minimum Gasteiger partial charge on any atom is -0.456 e. The lowest BCUT2D eigenvalue weighted by molar-refractivity contribution is 0.669. The van der Waals surface area contributed by atoms with Crippen molar-refractivity contribution < 1.29 is 4.42 Å². The number of aromatic nitrogens is 2. The maximum absolute atomic E-state index is 6.31. The van der Waals surface area contributed by atoms with Gasteiger partial charge in [-0.3, -0.25) is 0 Å². The molecule has 1 spiro atoms. The highest BCUT2D eigenvalue weighted by molar-refractivity contribution is 6.06. The Morgan fingerprint density at radius 1 is 0.265 bits per heavy atom. The molecule has 0 fully saturated rings. The fourth-order valence-electron chi connectivity index (χ4n) is 11.3. The first-order valence-corrected chi connectivity index (χ1v) is 23.3. The van der Waals surface area contributed by atoms with E-state index in [1.807, 2.05) is 12.1 Å². The topological polar surface area (TPSA) is 38.9 Å². The van der Waals surface area contributed by atoms with Gasteiger partial charge in [-0.05, 0) is 132 Å². The van der Waals surface area contributed by atoms with Crippen LogP contribution in [0.15, 0.2) is 247 Å². The Hall–Kier alpha value is -8.92. The van der Waals surface area contributed by atoms with Crippen LogP contribution in [0, 0.1) is 0 Å². The zero-order chi connectivity index (χ0) is 44.8. The Morgan fingerprint density at radius 2 is 0.721 bits per heavy atom. The van der Waals surface area contributed by atoms with Gasteiger partial charge in [-0.2, -0.15) is 0 Å². The maximum Gasteiger partial charge on any atom is 0.160 e. The van der Waals surface area contributed by atoms with Crippen LogP contribution in [0.3, 0.4) is 0 Å². The molecule has 0 unspecified atom stereocenters. The molecule has 2 aliphatic rings. The van der Waals surface area contributed by atoms with E-state index in [0.29, 0.717) is 5.82 Å². The molecule has 0 bridgehead atoms. The van der Waals surface area contributed by atoms with Gasteiger partial charge in [0, 0.05) is 27.5 Å². The molecule has 10 aromatic carbocycles. The van der Waals surface area contributed by atoms with E-state index in [1.165, 1.54) is 55.6 Å². The van der Waals surface area contributed by atoms with Crippen LogP contribution in [-0.4, -0.2) is 9.97 Å². The molecule has 0 amide bonds. The van der Waals surface area contributed by atoms with Crippen LogP contribution in [0.25, 0.3) is 111 Å². The Balaban J connectivity index is 1.04. The molecule has 12 aromatic rings. The van der Waals surface area contributed by atoms with Gasteiger partial charge in [-0.15, -0.1) is 0 Å². The van der Waals surface area contributed by atoms with Gasteiger partial charge in [0.1, 0.15) is 11.2 Å². The second kappa shape index (κ2) is 15.1. The molecule has 68 heavy (non-hydrogen) atoms. The summed E-state index contributed by atoms with van der Waals surface area (Å²) in [6.45, 7) is 0. The summed E-state index contributed by atoms with van der Waals surface area (Å²) in [6, 6.07) is 87.8. The molecule has 0 saturated carbocycles. The first-order valence-electron chi connectivity index (χ1n) is 23.3. The molecule has 2 aromatic heterocycles. The fourth-order valence-corrected chi connectivity index (χ4v) is 11.3. The lowest BCUT2D eigenvalue weighted by Gasteiger charge is -2.35.